The first-order valence-corrected chi connectivity index (χ1v) is 16.9. The molecule has 0 spiro atoms. The fourth-order valence-corrected chi connectivity index (χ4v) is 6.89. The van der Waals surface area contributed by atoms with Gasteiger partial charge in [-0.25, -0.2) is 32.4 Å². The maximum Gasteiger partial charge on any atom is 0.357 e. The number of esters is 1. The van der Waals surface area contributed by atoms with Gasteiger partial charge in [0.05, 0.1) is 24.1 Å². The molecule has 2 N–H and O–H groups in total. The minimum atomic E-state index is -4.20. The normalized spacial score (nSPS) is 15.6. The van der Waals surface area contributed by atoms with Crippen LogP contribution in [0.2, 0.25) is 0 Å². The first-order valence-electron chi connectivity index (χ1n) is 14.5. The van der Waals surface area contributed by atoms with Crippen LogP contribution in [0.4, 0.5) is 4.39 Å². The molecule has 0 bridgehead atoms. The lowest BCUT2D eigenvalue weighted by Crippen LogP contribution is -2.14. The van der Waals surface area contributed by atoms with Gasteiger partial charge in [-0.15, -0.1) is 11.3 Å². The molecule has 2 saturated carbocycles. The van der Waals surface area contributed by atoms with Crippen molar-refractivity contribution in [2.75, 3.05) is 6.61 Å². The van der Waals surface area contributed by atoms with E-state index in [1.165, 1.54) is 23.5 Å². The number of aromatic nitrogens is 3. The van der Waals surface area contributed by atoms with Crippen molar-refractivity contribution in [2.45, 2.75) is 69.3 Å². The highest BCUT2D eigenvalue weighted by molar-refractivity contribution is 7.89. The van der Waals surface area contributed by atoms with Crippen LogP contribution in [0.25, 0.3) is 16.4 Å². The van der Waals surface area contributed by atoms with Crippen LogP contribution in [0.3, 0.4) is 0 Å². The Morgan fingerprint density at radius 2 is 1.93 bits per heavy atom. The van der Waals surface area contributed by atoms with Gasteiger partial charge in [-0.05, 0) is 87.6 Å². The van der Waals surface area contributed by atoms with E-state index in [4.69, 9.17) is 19.7 Å². The molecule has 2 aromatic carbocycles. The molecule has 2 aliphatic rings. The van der Waals surface area contributed by atoms with E-state index >= 15 is 0 Å². The molecule has 0 atom stereocenters. The zero-order chi connectivity index (χ0) is 30.1. The van der Waals surface area contributed by atoms with Crippen LogP contribution in [0.15, 0.2) is 52.7 Å². The molecule has 0 radical (unpaired) electrons. The summed E-state index contributed by atoms with van der Waals surface area (Å²) in [5.41, 5.74) is 4.11. The van der Waals surface area contributed by atoms with Crippen molar-refractivity contribution >= 4 is 27.3 Å². The van der Waals surface area contributed by atoms with Crippen molar-refractivity contribution in [3.63, 3.8) is 0 Å². The third-order valence-electron chi connectivity index (χ3n) is 7.82. The van der Waals surface area contributed by atoms with Crippen molar-refractivity contribution in [3.05, 3.63) is 76.2 Å². The van der Waals surface area contributed by atoms with Crippen molar-refractivity contribution < 1.29 is 27.1 Å². The number of rotatable bonds is 11. The minimum absolute atomic E-state index is 0.189. The SMILES string of the molecule is CCOC(=O)c1csc(-n2nc(-c3cccc(OC4CCCC4)c3)c(Cc3ccc(S(N)(=O)=O)c(F)c3)c2CC2CC2)n1. The van der Waals surface area contributed by atoms with Gasteiger partial charge in [-0.3, -0.25) is 0 Å². The van der Waals surface area contributed by atoms with E-state index in [0.717, 1.165) is 67.5 Å². The summed E-state index contributed by atoms with van der Waals surface area (Å²) in [6.07, 6.45) is 7.77. The van der Waals surface area contributed by atoms with Crippen LogP contribution >= 0.6 is 11.3 Å². The highest BCUT2D eigenvalue weighted by atomic mass is 32.2. The molecule has 12 heteroatoms. The number of nitrogens with two attached hydrogens (primary N) is 1. The van der Waals surface area contributed by atoms with Gasteiger partial charge in [-0.1, -0.05) is 18.2 Å². The van der Waals surface area contributed by atoms with Crippen molar-refractivity contribution in [1.82, 2.24) is 14.8 Å². The second-order valence-corrected chi connectivity index (χ2v) is 13.5. The van der Waals surface area contributed by atoms with E-state index in [9.17, 15) is 17.6 Å². The Hall–Kier alpha value is -3.61. The lowest BCUT2D eigenvalue weighted by atomic mass is 9.97. The smallest absolute Gasteiger partial charge is 0.357 e. The molecule has 9 nitrogen and oxygen atoms in total. The van der Waals surface area contributed by atoms with Crippen molar-refractivity contribution in [2.24, 2.45) is 11.1 Å². The summed E-state index contributed by atoms with van der Waals surface area (Å²) in [4.78, 5) is 16.4. The molecule has 4 aromatic rings. The van der Waals surface area contributed by atoms with E-state index in [-0.39, 0.29) is 18.4 Å². The Kier molecular flexibility index (Phi) is 8.34. The summed E-state index contributed by atoms with van der Waals surface area (Å²) in [5, 5.41) is 12.4. The number of thiazole rings is 1. The summed E-state index contributed by atoms with van der Waals surface area (Å²) in [6.45, 7) is 1.99. The van der Waals surface area contributed by atoms with Gasteiger partial charge < -0.3 is 9.47 Å². The van der Waals surface area contributed by atoms with Crippen LogP contribution in [-0.2, 0) is 27.6 Å². The van der Waals surface area contributed by atoms with Crippen LogP contribution in [-0.4, -0.2) is 41.9 Å². The Labute approximate surface area is 253 Å². The molecule has 2 aliphatic carbocycles. The molecule has 226 valence electrons. The van der Waals surface area contributed by atoms with Gasteiger partial charge in [0, 0.05) is 22.9 Å². The van der Waals surface area contributed by atoms with E-state index in [1.807, 2.05) is 24.3 Å². The standard InChI is InChI=1S/C31H33FN4O5S2/c1-2-40-30(37)26-18-42-31(34-26)36-27(16-19-10-11-19)24(14-20-12-13-28(25(32)15-20)43(33,38)39)29(35-36)21-6-5-9-23(17-21)41-22-7-3-4-8-22/h5-6,9,12-13,15,17-19,22H,2-4,7-8,10-11,14,16H2,1H3,(H2,33,38,39). The monoisotopic (exact) mass is 624 g/mol. The van der Waals surface area contributed by atoms with Crippen molar-refractivity contribution in [1.29, 1.82) is 0 Å². The van der Waals surface area contributed by atoms with Gasteiger partial charge in [0.2, 0.25) is 15.2 Å². The van der Waals surface area contributed by atoms with E-state index in [0.29, 0.717) is 28.7 Å². The summed E-state index contributed by atoms with van der Waals surface area (Å²) in [6, 6.07) is 11.8. The quantitative estimate of drug-likeness (QED) is 0.208. The highest BCUT2D eigenvalue weighted by Crippen LogP contribution is 2.39. The Morgan fingerprint density at radius 3 is 2.63 bits per heavy atom. The Morgan fingerprint density at radius 1 is 1.14 bits per heavy atom. The Balaban J connectivity index is 1.46. The molecular formula is C31H33FN4O5S2. The van der Waals surface area contributed by atoms with Gasteiger partial charge in [0.25, 0.3) is 0 Å². The van der Waals surface area contributed by atoms with Gasteiger partial charge in [0.15, 0.2) is 5.69 Å². The van der Waals surface area contributed by atoms with Crippen LogP contribution in [0, 0.1) is 11.7 Å². The topological polar surface area (TPSA) is 126 Å². The second kappa shape index (κ2) is 12.2. The third-order valence-corrected chi connectivity index (χ3v) is 9.58. The minimum Gasteiger partial charge on any atom is -0.490 e. The predicted molar refractivity (Wildman–Crippen MR) is 161 cm³/mol. The van der Waals surface area contributed by atoms with Crippen LogP contribution < -0.4 is 9.88 Å². The molecule has 0 aliphatic heterocycles. The zero-order valence-electron chi connectivity index (χ0n) is 23.8. The number of ether oxygens (including phenoxy) is 2. The van der Waals surface area contributed by atoms with Gasteiger partial charge in [0.1, 0.15) is 16.5 Å². The number of benzene rings is 2. The molecule has 6 rings (SSSR count). The number of carbonyl (C=O) groups is 1. The number of nitrogens with zero attached hydrogens (tertiary/aromatic N) is 3. The molecule has 43 heavy (non-hydrogen) atoms. The van der Waals surface area contributed by atoms with Crippen LogP contribution in [0.5, 0.6) is 5.75 Å². The van der Waals surface area contributed by atoms with E-state index in [2.05, 4.69) is 4.98 Å². The molecule has 2 aromatic heterocycles. The largest absolute Gasteiger partial charge is 0.490 e. The highest BCUT2D eigenvalue weighted by Gasteiger charge is 2.30. The number of hydrogen-bond donors (Lipinski definition) is 1. The summed E-state index contributed by atoms with van der Waals surface area (Å²) >= 11 is 1.30. The fourth-order valence-electron chi connectivity index (χ4n) is 5.53. The lowest BCUT2D eigenvalue weighted by molar-refractivity contribution is 0.0520. The first kappa shape index (κ1) is 29.5. The molecule has 0 amide bonds. The first-order chi connectivity index (χ1) is 20.7. The van der Waals surface area contributed by atoms with Crippen molar-refractivity contribution in [3.8, 4) is 22.1 Å². The average Bonchev–Trinajstić information content (AvgIpc) is 3.31. The number of primary sulfonamides is 1. The number of hydrogen-bond acceptors (Lipinski definition) is 8. The van der Waals surface area contributed by atoms with E-state index < -0.39 is 26.7 Å². The van der Waals surface area contributed by atoms with E-state index in [1.54, 1.807) is 23.1 Å². The second-order valence-electron chi connectivity index (χ2n) is 11.1. The summed E-state index contributed by atoms with van der Waals surface area (Å²) in [7, 11) is -4.20. The van der Waals surface area contributed by atoms with Crippen LogP contribution in [0.1, 0.15) is 72.8 Å². The predicted octanol–water partition coefficient (Wildman–Crippen LogP) is 5.82. The summed E-state index contributed by atoms with van der Waals surface area (Å²) < 4.78 is 51.8. The summed E-state index contributed by atoms with van der Waals surface area (Å²) in [5.74, 6) is -0.159. The number of sulfonamides is 1. The lowest BCUT2D eigenvalue weighted by Gasteiger charge is -2.14. The fraction of sp³-hybridized carbons (Fsp3) is 0.387. The average molecular weight is 625 g/mol. The zero-order valence-corrected chi connectivity index (χ0v) is 25.4. The third kappa shape index (κ3) is 6.66. The maximum absolute atomic E-state index is 14.9. The molecule has 2 fully saturated rings. The van der Waals surface area contributed by atoms with Gasteiger partial charge in [-0.2, -0.15) is 5.10 Å². The maximum atomic E-state index is 14.9. The number of halogens is 1. The molecule has 0 saturated heterocycles. The Bertz CT molecular complexity index is 1760. The molecule has 2 heterocycles. The van der Waals surface area contributed by atoms with Gasteiger partial charge >= 0.3 is 5.97 Å². The molecular weight excluding hydrogens is 591 g/mol. The number of carbonyl (C=O) groups excluding carboxylic acids is 1. The molecule has 0 unspecified atom stereocenters.